The third-order valence-electron chi connectivity index (χ3n) is 7.59. The van der Waals surface area contributed by atoms with Crippen molar-refractivity contribution in [2.24, 2.45) is 0 Å². The van der Waals surface area contributed by atoms with E-state index >= 15 is 0 Å². The number of H-pyrrole nitrogens is 1. The number of benzene rings is 1. The van der Waals surface area contributed by atoms with Gasteiger partial charge in [-0.1, -0.05) is 0 Å². The second-order valence-corrected chi connectivity index (χ2v) is 9.67. The Bertz CT molecular complexity index is 1390. The summed E-state index contributed by atoms with van der Waals surface area (Å²) in [5.74, 6) is -1.61. The highest BCUT2D eigenvalue weighted by Gasteiger charge is 2.30. The van der Waals surface area contributed by atoms with Gasteiger partial charge >= 0.3 is 0 Å². The van der Waals surface area contributed by atoms with Crippen LogP contribution >= 0.6 is 0 Å². The summed E-state index contributed by atoms with van der Waals surface area (Å²) >= 11 is 0. The van der Waals surface area contributed by atoms with Crippen LogP contribution in [0.1, 0.15) is 30.0 Å². The van der Waals surface area contributed by atoms with Gasteiger partial charge in [-0.05, 0) is 24.5 Å². The van der Waals surface area contributed by atoms with Crippen molar-refractivity contribution >= 4 is 11.0 Å². The van der Waals surface area contributed by atoms with Crippen molar-refractivity contribution in [1.29, 1.82) is 0 Å². The monoisotopic (exact) mass is 509 g/mol. The molecule has 0 atom stereocenters. The smallest absolute Gasteiger partial charge is 0.171 e. The molecule has 0 aliphatic carbocycles. The number of hydrogen-bond donors (Lipinski definition) is 1. The lowest BCUT2D eigenvalue weighted by Gasteiger charge is -2.41. The number of ether oxygens (including phenoxy) is 3. The molecule has 2 aliphatic rings. The first kappa shape index (κ1) is 23.9. The van der Waals surface area contributed by atoms with Crippen molar-refractivity contribution < 1.29 is 23.0 Å². The maximum atomic E-state index is 15.0. The SMILES string of the molecule is COc1cc(OC)c(F)c(Cc2c[nH]c3ncc(-c4cnn(C5CCN(C6COC6)CC5)c4)cc23)c1F. The molecule has 1 N–H and O–H groups in total. The van der Waals surface area contributed by atoms with Crippen molar-refractivity contribution in [2.75, 3.05) is 40.5 Å². The molecular weight excluding hydrogens is 480 g/mol. The van der Waals surface area contributed by atoms with Crippen molar-refractivity contribution in [3.8, 4) is 22.6 Å². The zero-order valence-electron chi connectivity index (χ0n) is 20.8. The number of hydrogen-bond acceptors (Lipinski definition) is 6. The summed E-state index contributed by atoms with van der Waals surface area (Å²) < 4.78 is 47.5. The first-order valence-electron chi connectivity index (χ1n) is 12.5. The van der Waals surface area contributed by atoms with Gasteiger partial charge in [0.15, 0.2) is 23.1 Å². The van der Waals surface area contributed by atoms with Crippen LogP contribution in [-0.4, -0.2) is 71.2 Å². The number of aromatic nitrogens is 4. The summed E-state index contributed by atoms with van der Waals surface area (Å²) in [7, 11) is 2.68. The Kier molecular flexibility index (Phi) is 6.29. The van der Waals surface area contributed by atoms with Crippen LogP contribution in [0.3, 0.4) is 0 Å². The van der Waals surface area contributed by atoms with E-state index in [4.69, 9.17) is 14.2 Å². The van der Waals surface area contributed by atoms with E-state index in [0.29, 0.717) is 17.7 Å². The standard InChI is InChI=1S/C27H29F2N5O3/c1-35-23-9-24(36-2)26(29)22(25(23)28)8-17-11-31-27-21(17)7-16(10-30-27)18-12-32-34(13-18)19-3-5-33(6-4-19)20-14-37-15-20/h7,9-13,19-20H,3-6,8,14-15H2,1-2H3,(H,30,31). The van der Waals surface area contributed by atoms with Gasteiger partial charge in [0.2, 0.25) is 0 Å². The molecule has 194 valence electrons. The molecule has 37 heavy (non-hydrogen) atoms. The van der Waals surface area contributed by atoms with E-state index in [1.807, 2.05) is 12.3 Å². The van der Waals surface area contributed by atoms with Gasteiger partial charge < -0.3 is 19.2 Å². The molecule has 0 amide bonds. The topological polar surface area (TPSA) is 77.4 Å². The molecule has 3 aromatic heterocycles. The normalized spacial score (nSPS) is 17.3. The van der Waals surface area contributed by atoms with Crippen molar-refractivity contribution in [3.05, 3.63) is 59.7 Å². The highest BCUT2D eigenvalue weighted by molar-refractivity contribution is 5.84. The third-order valence-corrected chi connectivity index (χ3v) is 7.59. The second-order valence-electron chi connectivity index (χ2n) is 9.67. The summed E-state index contributed by atoms with van der Waals surface area (Å²) in [6, 6.07) is 4.14. The predicted molar refractivity (Wildman–Crippen MR) is 134 cm³/mol. The molecule has 0 unspecified atom stereocenters. The number of aromatic amines is 1. The van der Waals surface area contributed by atoms with Gasteiger partial charge in [0, 0.05) is 66.2 Å². The maximum absolute atomic E-state index is 15.0. The number of rotatable bonds is 7. The molecule has 0 spiro atoms. The fraction of sp³-hybridized carbons (Fsp3) is 0.407. The van der Waals surface area contributed by atoms with Gasteiger partial charge in [-0.25, -0.2) is 13.8 Å². The van der Waals surface area contributed by atoms with E-state index in [9.17, 15) is 8.78 Å². The first-order valence-corrected chi connectivity index (χ1v) is 12.5. The number of nitrogens with zero attached hydrogens (tertiary/aromatic N) is 4. The zero-order valence-corrected chi connectivity index (χ0v) is 20.8. The first-order chi connectivity index (χ1) is 18.1. The molecule has 8 nitrogen and oxygen atoms in total. The minimum Gasteiger partial charge on any atom is -0.494 e. The zero-order chi connectivity index (χ0) is 25.5. The summed E-state index contributed by atoms with van der Waals surface area (Å²) in [6.45, 7) is 3.79. The van der Waals surface area contributed by atoms with Gasteiger partial charge in [-0.15, -0.1) is 0 Å². The van der Waals surface area contributed by atoms with Crippen LogP contribution in [0.15, 0.2) is 36.9 Å². The van der Waals surface area contributed by atoms with E-state index < -0.39 is 11.6 Å². The van der Waals surface area contributed by atoms with Gasteiger partial charge in [-0.2, -0.15) is 5.10 Å². The summed E-state index contributed by atoms with van der Waals surface area (Å²) in [6.07, 6.45) is 9.56. The van der Waals surface area contributed by atoms with Crippen molar-refractivity contribution in [3.63, 3.8) is 0 Å². The molecule has 5 heterocycles. The summed E-state index contributed by atoms with van der Waals surface area (Å²) in [5.41, 5.74) is 3.10. The van der Waals surface area contributed by atoms with Gasteiger partial charge in [0.1, 0.15) is 5.65 Å². The maximum Gasteiger partial charge on any atom is 0.171 e. The van der Waals surface area contributed by atoms with Crippen LogP contribution in [0.5, 0.6) is 11.5 Å². The van der Waals surface area contributed by atoms with Crippen LogP contribution < -0.4 is 9.47 Å². The Morgan fingerprint density at radius 3 is 2.38 bits per heavy atom. The number of pyridine rings is 1. The highest BCUT2D eigenvalue weighted by atomic mass is 19.1. The molecule has 2 aliphatic heterocycles. The summed E-state index contributed by atoms with van der Waals surface area (Å²) in [5, 5.41) is 5.44. The predicted octanol–water partition coefficient (Wildman–Crippen LogP) is 4.35. The third kappa shape index (κ3) is 4.34. The Hall–Kier alpha value is -3.50. The number of nitrogens with one attached hydrogen (secondary N) is 1. The largest absolute Gasteiger partial charge is 0.494 e. The fourth-order valence-corrected chi connectivity index (χ4v) is 5.28. The minimum atomic E-state index is -0.739. The van der Waals surface area contributed by atoms with E-state index in [2.05, 4.69) is 30.8 Å². The Labute approximate surface area is 213 Å². The molecule has 0 bridgehead atoms. The molecule has 6 rings (SSSR count). The lowest BCUT2D eigenvalue weighted by molar-refractivity contribution is -0.0734. The van der Waals surface area contributed by atoms with E-state index in [1.54, 1.807) is 12.4 Å². The summed E-state index contributed by atoms with van der Waals surface area (Å²) in [4.78, 5) is 10.2. The van der Waals surface area contributed by atoms with Crippen molar-refractivity contribution in [1.82, 2.24) is 24.6 Å². The average molecular weight is 510 g/mol. The number of likely N-dealkylation sites (tertiary alicyclic amines) is 1. The molecule has 0 saturated carbocycles. The molecule has 1 aromatic carbocycles. The molecule has 4 aromatic rings. The lowest BCUT2D eigenvalue weighted by Crippen LogP contribution is -2.51. The van der Waals surface area contributed by atoms with Crippen LogP contribution in [-0.2, 0) is 11.2 Å². The quantitative estimate of drug-likeness (QED) is 0.399. The number of halogens is 2. The minimum absolute atomic E-state index is 0.0141. The van der Waals surface area contributed by atoms with E-state index in [-0.39, 0.29) is 23.5 Å². The highest BCUT2D eigenvalue weighted by Crippen LogP contribution is 2.34. The molecule has 10 heteroatoms. The van der Waals surface area contributed by atoms with Crippen LogP contribution in [0.2, 0.25) is 0 Å². The number of fused-ring (bicyclic) bond motifs is 1. The Morgan fingerprint density at radius 2 is 1.73 bits per heavy atom. The van der Waals surface area contributed by atoms with Crippen LogP contribution in [0.25, 0.3) is 22.2 Å². The molecule has 2 fully saturated rings. The lowest BCUT2D eigenvalue weighted by atomic mass is 10.0. The van der Waals surface area contributed by atoms with E-state index in [0.717, 1.165) is 61.2 Å². The molecule has 2 saturated heterocycles. The number of methoxy groups -OCH3 is 2. The molecular formula is C27H29F2N5O3. The fourth-order valence-electron chi connectivity index (χ4n) is 5.28. The second kappa shape index (κ2) is 9.75. The van der Waals surface area contributed by atoms with Crippen molar-refractivity contribution in [2.45, 2.75) is 31.3 Å². The van der Waals surface area contributed by atoms with Crippen LogP contribution in [0.4, 0.5) is 8.78 Å². The molecule has 0 radical (unpaired) electrons. The van der Waals surface area contributed by atoms with E-state index in [1.165, 1.54) is 20.3 Å². The van der Waals surface area contributed by atoms with Gasteiger partial charge in [0.25, 0.3) is 0 Å². The average Bonchev–Trinajstić information content (AvgIpc) is 3.53. The van der Waals surface area contributed by atoms with Gasteiger partial charge in [-0.3, -0.25) is 9.58 Å². The Morgan fingerprint density at radius 1 is 1.00 bits per heavy atom. The van der Waals surface area contributed by atoms with Crippen LogP contribution in [0, 0.1) is 11.6 Å². The van der Waals surface area contributed by atoms with Gasteiger partial charge in [0.05, 0.1) is 45.7 Å². The number of piperidine rings is 1. The Balaban J connectivity index is 1.25.